The Morgan fingerprint density at radius 3 is 2.77 bits per heavy atom. The number of hydrogen-bond donors (Lipinski definition) is 0. The molecule has 0 amide bonds. The maximum Gasteiger partial charge on any atom is 0.270 e. The number of hydrogen-bond acceptors (Lipinski definition) is 5. The molecule has 3 rings (SSSR count). The molecular weight excluding hydrogens is 282 g/mol. The maximum atomic E-state index is 10.8. The van der Waals surface area contributed by atoms with Crippen LogP contribution in [-0.2, 0) is 6.54 Å². The molecule has 0 unspecified atom stereocenters. The molecule has 0 saturated carbocycles. The Hall–Kier alpha value is -3.09. The van der Waals surface area contributed by atoms with Gasteiger partial charge in [-0.2, -0.15) is 4.80 Å². The molecule has 0 bridgehead atoms. The van der Waals surface area contributed by atoms with Gasteiger partial charge in [0.25, 0.3) is 5.69 Å². The van der Waals surface area contributed by atoms with Gasteiger partial charge in [-0.1, -0.05) is 42.0 Å². The summed E-state index contributed by atoms with van der Waals surface area (Å²) in [5.41, 5.74) is 2.82. The molecule has 1 aromatic heterocycles. The molecule has 22 heavy (non-hydrogen) atoms. The van der Waals surface area contributed by atoms with Crippen LogP contribution in [0.15, 0.2) is 48.5 Å². The molecule has 110 valence electrons. The van der Waals surface area contributed by atoms with Crippen molar-refractivity contribution in [3.63, 3.8) is 0 Å². The van der Waals surface area contributed by atoms with Crippen molar-refractivity contribution in [3.8, 4) is 11.4 Å². The summed E-state index contributed by atoms with van der Waals surface area (Å²) in [5.74, 6) is 0.372. The fourth-order valence-corrected chi connectivity index (χ4v) is 2.16. The molecule has 7 nitrogen and oxygen atoms in total. The van der Waals surface area contributed by atoms with Crippen molar-refractivity contribution in [1.29, 1.82) is 0 Å². The van der Waals surface area contributed by atoms with E-state index in [1.54, 1.807) is 12.1 Å². The van der Waals surface area contributed by atoms with Gasteiger partial charge in [0.2, 0.25) is 5.82 Å². The fraction of sp³-hybridized carbons (Fsp3) is 0.133. The van der Waals surface area contributed by atoms with E-state index >= 15 is 0 Å². The molecule has 0 aliphatic rings. The SMILES string of the molecule is Cc1cccc(Cn2nnc(-c3cccc([N+](=O)[O-])c3)n2)c1. The highest BCUT2D eigenvalue weighted by atomic mass is 16.6. The molecule has 7 heteroatoms. The van der Waals surface area contributed by atoms with Crippen LogP contribution in [0.4, 0.5) is 5.69 Å². The van der Waals surface area contributed by atoms with Crippen LogP contribution in [0.25, 0.3) is 11.4 Å². The van der Waals surface area contributed by atoms with Crippen LogP contribution in [0.1, 0.15) is 11.1 Å². The van der Waals surface area contributed by atoms with E-state index < -0.39 is 4.92 Å². The number of nitro groups is 1. The highest BCUT2D eigenvalue weighted by Crippen LogP contribution is 2.20. The number of rotatable bonds is 4. The van der Waals surface area contributed by atoms with Crippen LogP contribution >= 0.6 is 0 Å². The third-order valence-corrected chi connectivity index (χ3v) is 3.17. The van der Waals surface area contributed by atoms with E-state index in [1.165, 1.54) is 16.9 Å². The van der Waals surface area contributed by atoms with Gasteiger partial charge in [-0.3, -0.25) is 10.1 Å². The lowest BCUT2D eigenvalue weighted by molar-refractivity contribution is -0.384. The van der Waals surface area contributed by atoms with Crippen molar-refractivity contribution in [3.05, 3.63) is 69.8 Å². The van der Waals surface area contributed by atoms with Crippen LogP contribution in [0.5, 0.6) is 0 Å². The minimum Gasteiger partial charge on any atom is -0.258 e. The lowest BCUT2D eigenvalue weighted by atomic mass is 10.1. The molecule has 0 aliphatic carbocycles. The predicted molar refractivity (Wildman–Crippen MR) is 80.2 cm³/mol. The summed E-state index contributed by atoms with van der Waals surface area (Å²) in [7, 11) is 0. The van der Waals surface area contributed by atoms with Crippen LogP contribution in [0, 0.1) is 17.0 Å². The van der Waals surface area contributed by atoms with E-state index in [4.69, 9.17) is 0 Å². The number of benzene rings is 2. The van der Waals surface area contributed by atoms with Gasteiger partial charge in [0, 0.05) is 17.7 Å². The molecule has 0 saturated heterocycles. The second kappa shape index (κ2) is 5.72. The number of non-ortho nitro benzene ring substituents is 1. The predicted octanol–water partition coefficient (Wildman–Crippen LogP) is 2.61. The first-order chi connectivity index (χ1) is 10.6. The first-order valence-corrected chi connectivity index (χ1v) is 6.70. The average Bonchev–Trinajstić information content (AvgIpc) is 2.96. The summed E-state index contributed by atoms with van der Waals surface area (Å²) >= 11 is 0. The van der Waals surface area contributed by atoms with Crippen LogP contribution < -0.4 is 0 Å². The number of aromatic nitrogens is 4. The van der Waals surface area contributed by atoms with Gasteiger partial charge in [0.1, 0.15) is 0 Å². The Kier molecular flexibility index (Phi) is 3.61. The van der Waals surface area contributed by atoms with Gasteiger partial charge in [0.15, 0.2) is 0 Å². The summed E-state index contributed by atoms with van der Waals surface area (Å²) in [5, 5.41) is 23.0. The van der Waals surface area contributed by atoms with Crippen molar-refractivity contribution in [2.75, 3.05) is 0 Å². The third kappa shape index (κ3) is 2.98. The van der Waals surface area contributed by atoms with Gasteiger partial charge in [-0.05, 0) is 17.7 Å². The van der Waals surface area contributed by atoms with Gasteiger partial charge in [0.05, 0.1) is 11.5 Å². The molecular formula is C15H13N5O2. The lowest BCUT2D eigenvalue weighted by Crippen LogP contribution is -2.04. The first-order valence-electron chi connectivity index (χ1n) is 6.70. The van der Waals surface area contributed by atoms with Crippen LogP contribution in [-0.4, -0.2) is 25.1 Å². The molecule has 1 heterocycles. The van der Waals surface area contributed by atoms with Crippen molar-refractivity contribution in [2.45, 2.75) is 13.5 Å². The minimum absolute atomic E-state index is 0.00698. The topological polar surface area (TPSA) is 86.7 Å². The molecule has 0 atom stereocenters. The van der Waals surface area contributed by atoms with Crippen LogP contribution in [0.3, 0.4) is 0 Å². The average molecular weight is 295 g/mol. The number of nitrogens with zero attached hydrogens (tertiary/aromatic N) is 5. The van der Waals surface area contributed by atoms with Gasteiger partial charge < -0.3 is 0 Å². The Balaban J connectivity index is 1.84. The Bertz CT molecular complexity index is 828. The molecule has 0 spiro atoms. The lowest BCUT2D eigenvalue weighted by Gasteiger charge is -2.00. The second-order valence-corrected chi connectivity index (χ2v) is 4.94. The quantitative estimate of drug-likeness (QED) is 0.545. The summed E-state index contributed by atoms with van der Waals surface area (Å²) < 4.78 is 0. The van der Waals surface area contributed by atoms with E-state index in [9.17, 15) is 10.1 Å². The molecule has 0 radical (unpaired) electrons. The fourth-order valence-electron chi connectivity index (χ4n) is 2.16. The van der Waals surface area contributed by atoms with Gasteiger partial charge in [-0.15, -0.1) is 10.2 Å². The zero-order chi connectivity index (χ0) is 15.5. The summed E-state index contributed by atoms with van der Waals surface area (Å²) in [6, 6.07) is 14.2. The van der Waals surface area contributed by atoms with Crippen molar-refractivity contribution < 1.29 is 4.92 Å². The number of nitro benzene ring substituents is 1. The molecule has 0 N–H and O–H groups in total. The van der Waals surface area contributed by atoms with E-state index in [0.717, 1.165) is 11.1 Å². The smallest absolute Gasteiger partial charge is 0.258 e. The largest absolute Gasteiger partial charge is 0.270 e. The number of tetrazole rings is 1. The monoisotopic (exact) mass is 295 g/mol. The standard InChI is InChI=1S/C15H13N5O2/c1-11-4-2-5-12(8-11)10-19-17-15(16-18-19)13-6-3-7-14(9-13)20(21)22/h2-9H,10H2,1H3. The summed E-state index contributed by atoms with van der Waals surface area (Å²) in [6.07, 6.45) is 0. The zero-order valence-corrected chi connectivity index (χ0v) is 11.9. The molecule has 2 aromatic carbocycles. The van der Waals surface area contributed by atoms with E-state index in [-0.39, 0.29) is 5.69 Å². The Morgan fingerprint density at radius 2 is 2.00 bits per heavy atom. The third-order valence-electron chi connectivity index (χ3n) is 3.17. The van der Waals surface area contributed by atoms with Crippen LogP contribution in [0.2, 0.25) is 0 Å². The first kappa shape index (κ1) is 13.9. The number of aryl methyl sites for hydroxylation is 1. The maximum absolute atomic E-state index is 10.8. The van der Waals surface area contributed by atoms with E-state index in [0.29, 0.717) is 17.9 Å². The molecule has 0 aliphatic heterocycles. The van der Waals surface area contributed by atoms with E-state index in [1.807, 2.05) is 25.1 Å². The second-order valence-electron chi connectivity index (χ2n) is 4.94. The Labute approximate surface area is 126 Å². The molecule has 0 fully saturated rings. The Morgan fingerprint density at radius 1 is 1.18 bits per heavy atom. The van der Waals surface area contributed by atoms with Crippen molar-refractivity contribution in [2.24, 2.45) is 0 Å². The minimum atomic E-state index is -0.444. The van der Waals surface area contributed by atoms with Crippen molar-refractivity contribution in [1.82, 2.24) is 20.2 Å². The van der Waals surface area contributed by atoms with E-state index in [2.05, 4.69) is 21.5 Å². The zero-order valence-electron chi connectivity index (χ0n) is 11.9. The van der Waals surface area contributed by atoms with Gasteiger partial charge >= 0.3 is 0 Å². The summed E-state index contributed by atoms with van der Waals surface area (Å²) in [4.78, 5) is 11.8. The highest BCUT2D eigenvalue weighted by Gasteiger charge is 2.11. The highest BCUT2D eigenvalue weighted by molar-refractivity contribution is 5.58. The normalized spacial score (nSPS) is 10.6. The van der Waals surface area contributed by atoms with Crippen molar-refractivity contribution >= 4 is 5.69 Å². The molecule has 3 aromatic rings. The summed E-state index contributed by atoms with van der Waals surface area (Å²) in [6.45, 7) is 2.52. The van der Waals surface area contributed by atoms with Gasteiger partial charge in [-0.25, -0.2) is 0 Å².